The predicted molar refractivity (Wildman–Crippen MR) is 140 cm³/mol. The molecule has 0 bridgehead atoms. The minimum Gasteiger partial charge on any atom is -0.448 e. The molecule has 0 aliphatic carbocycles. The maximum Gasteiger partial charge on any atom is 0.426 e. The summed E-state index contributed by atoms with van der Waals surface area (Å²) >= 11 is 5.50. The van der Waals surface area contributed by atoms with Crippen molar-refractivity contribution >= 4 is 34.8 Å². The SMILES string of the molecule is CCCCOC(=O)NN(C(=S)Nc1ccc([N+](=O)[O-])cc1)[C@H](C)[C@](O)(Cn1cncn1)c1ccc(F)cc1F. The molecule has 12 nitrogen and oxygen atoms in total. The number of rotatable bonds is 10. The summed E-state index contributed by atoms with van der Waals surface area (Å²) in [5, 5.41) is 30.6. The first-order valence-electron chi connectivity index (χ1n) is 11.8. The average molecular weight is 564 g/mol. The topological polar surface area (TPSA) is 148 Å². The van der Waals surface area contributed by atoms with Gasteiger partial charge in [0.25, 0.3) is 5.69 Å². The molecule has 0 spiro atoms. The highest BCUT2D eigenvalue weighted by Crippen LogP contribution is 2.33. The number of thiocarbonyl (C=S) groups is 1. The monoisotopic (exact) mass is 563 g/mol. The van der Waals surface area contributed by atoms with Crippen molar-refractivity contribution in [1.29, 1.82) is 0 Å². The molecule has 0 saturated heterocycles. The molecular weight excluding hydrogens is 536 g/mol. The molecule has 3 N–H and O–H groups in total. The number of unbranched alkanes of at least 4 members (excludes halogenated alkanes) is 1. The van der Waals surface area contributed by atoms with Crippen LogP contribution >= 0.6 is 12.2 Å². The number of ether oxygens (including phenoxy) is 1. The largest absolute Gasteiger partial charge is 0.448 e. The van der Waals surface area contributed by atoms with Crippen LogP contribution in [0.3, 0.4) is 0 Å². The maximum absolute atomic E-state index is 15.0. The first kappa shape index (κ1) is 29.3. The normalized spacial score (nSPS) is 13.2. The highest BCUT2D eigenvalue weighted by molar-refractivity contribution is 7.80. The van der Waals surface area contributed by atoms with Gasteiger partial charge in [-0.1, -0.05) is 19.4 Å². The van der Waals surface area contributed by atoms with E-state index in [2.05, 4.69) is 20.8 Å². The summed E-state index contributed by atoms with van der Waals surface area (Å²) in [5.41, 5.74) is 0.192. The number of carbonyl (C=O) groups excluding carboxylic acids is 1. The van der Waals surface area contributed by atoms with Crippen LogP contribution in [0.5, 0.6) is 0 Å². The number of anilines is 1. The summed E-state index contributed by atoms with van der Waals surface area (Å²) in [4.78, 5) is 26.9. The van der Waals surface area contributed by atoms with E-state index in [0.717, 1.165) is 23.6 Å². The number of aromatic nitrogens is 3. The third-order valence-electron chi connectivity index (χ3n) is 5.84. The van der Waals surface area contributed by atoms with Gasteiger partial charge in [-0.2, -0.15) is 5.10 Å². The molecule has 2 atom stereocenters. The van der Waals surface area contributed by atoms with Crippen LogP contribution in [-0.2, 0) is 16.9 Å². The van der Waals surface area contributed by atoms with E-state index in [1.807, 2.05) is 6.92 Å². The van der Waals surface area contributed by atoms with E-state index in [4.69, 9.17) is 17.0 Å². The fourth-order valence-electron chi connectivity index (χ4n) is 3.67. The molecule has 3 aromatic rings. The molecule has 0 saturated carbocycles. The lowest BCUT2D eigenvalue weighted by atomic mass is 9.86. The van der Waals surface area contributed by atoms with E-state index >= 15 is 4.39 Å². The van der Waals surface area contributed by atoms with Crippen molar-refractivity contribution in [3.8, 4) is 0 Å². The molecule has 0 radical (unpaired) electrons. The van der Waals surface area contributed by atoms with Crippen LogP contribution < -0.4 is 10.7 Å². The molecule has 1 aromatic heterocycles. The first-order chi connectivity index (χ1) is 18.5. The molecular formula is C24H27F2N7O5S. The highest BCUT2D eigenvalue weighted by Gasteiger charge is 2.44. The van der Waals surface area contributed by atoms with Crippen molar-refractivity contribution in [2.24, 2.45) is 0 Å². The Morgan fingerprint density at radius 2 is 2.03 bits per heavy atom. The summed E-state index contributed by atoms with van der Waals surface area (Å²) in [5.74, 6) is -1.89. The summed E-state index contributed by atoms with van der Waals surface area (Å²) < 4.78 is 35.2. The van der Waals surface area contributed by atoms with Crippen molar-refractivity contribution in [3.05, 3.63) is 82.4 Å². The number of nitrogens with one attached hydrogen (secondary N) is 2. The first-order valence-corrected chi connectivity index (χ1v) is 12.2. The zero-order valence-electron chi connectivity index (χ0n) is 21.1. The Morgan fingerprint density at radius 3 is 2.62 bits per heavy atom. The fourth-order valence-corrected chi connectivity index (χ4v) is 3.99. The van der Waals surface area contributed by atoms with Crippen LogP contribution in [-0.4, -0.2) is 53.7 Å². The lowest BCUT2D eigenvalue weighted by Gasteiger charge is -2.41. The third kappa shape index (κ3) is 7.42. The second kappa shape index (κ2) is 13.0. The van der Waals surface area contributed by atoms with Crippen LogP contribution in [0.15, 0.2) is 55.1 Å². The van der Waals surface area contributed by atoms with E-state index in [1.165, 1.54) is 48.5 Å². The van der Waals surface area contributed by atoms with Crippen LogP contribution in [0.1, 0.15) is 32.3 Å². The van der Waals surface area contributed by atoms with Gasteiger partial charge in [0, 0.05) is 29.4 Å². The smallest absolute Gasteiger partial charge is 0.426 e. The molecule has 0 aliphatic rings. The number of aliphatic hydroxyl groups is 1. The zero-order chi connectivity index (χ0) is 28.6. The molecule has 1 heterocycles. The Morgan fingerprint density at radius 1 is 1.31 bits per heavy atom. The Bertz CT molecular complexity index is 1300. The lowest BCUT2D eigenvalue weighted by Crippen LogP contribution is -2.60. The van der Waals surface area contributed by atoms with Gasteiger partial charge in [0.1, 0.15) is 29.9 Å². The summed E-state index contributed by atoms with van der Waals surface area (Å²) in [6.45, 7) is 3.12. The average Bonchev–Trinajstić information content (AvgIpc) is 3.40. The summed E-state index contributed by atoms with van der Waals surface area (Å²) in [7, 11) is 0. The van der Waals surface area contributed by atoms with Crippen molar-refractivity contribution < 1.29 is 28.3 Å². The molecule has 0 unspecified atom stereocenters. The van der Waals surface area contributed by atoms with E-state index < -0.39 is 34.3 Å². The van der Waals surface area contributed by atoms with Gasteiger partial charge in [-0.25, -0.2) is 28.7 Å². The van der Waals surface area contributed by atoms with Gasteiger partial charge in [0.05, 0.1) is 24.1 Å². The van der Waals surface area contributed by atoms with Crippen LogP contribution in [0, 0.1) is 21.7 Å². The van der Waals surface area contributed by atoms with Crippen LogP contribution in [0.25, 0.3) is 0 Å². The minimum absolute atomic E-state index is 0.114. The van der Waals surface area contributed by atoms with Crippen molar-refractivity contribution in [2.45, 2.75) is 44.9 Å². The summed E-state index contributed by atoms with van der Waals surface area (Å²) in [6, 6.07) is 6.77. The van der Waals surface area contributed by atoms with Gasteiger partial charge in [0.2, 0.25) is 0 Å². The minimum atomic E-state index is -2.16. The third-order valence-corrected chi connectivity index (χ3v) is 6.14. The van der Waals surface area contributed by atoms with E-state index in [1.54, 1.807) is 0 Å². The fraction of sp³-hybridized carbons (Fsp3) is 0.333. The van der Waals surface area contributed by atoms with Crippen LogP contribution in [0.2, 0.25) is 0 Å². The number of benzene rings is 2. The number of non-ortho nitro benzene ring substituents is 1. The lowest BCUT2D eigenvalue weighted by molar-refractivity contribution is -0.384. The standard InChI is InChI=1S/C24H27F2N7O5S/c1-3-4-11-38-23(34)30-32(22(39)29-18-6-8-19(9-7-18)33(36)37)16(2)24(35,13-31-15-27-14-28-31)20-10-5-17(25)12-21(20)26/h5-10,12,14-16,35H,3-4,11,13H2,1-2H3,(H,29,39)(H,30,34)/t16-,24-/m1/s1. The van der Waals surface area contributed by atoms with Gasteiger partial charge < -0.3 is 15.2 Å². The van der Waals surface area contributed by atoms with Gasteiger partial charge in [-0.3, -0.25) is 15.1 Å². The number of hydrogen-bond donors (Lipinski definition) is 3. The molecule has 0 fully saturated rings. The number of hydrogen-bond acceptors (Lipinski definition) is 8. The molecule has 0 aliphatic heterocycles. The number of hydrazine groups is 1. The Balaban J connectivity index is 1.99. The number of nitro benzene ring substituents is 1. The second-order valence-corrected chi connectivity index (χ2v) is 8.91. The molecule has 208 valence electrons. The van der Waals surface area contributed by atoms with Crippen molar-refractivity contribution in [3.63, 3.8) is 0 Å². The van der Waals surface area contributed by atoms with Gasteiger partial charge >= 0.3 is 6.09 Å². The molecule has 39 heavy (non-hydrogen) atoms. The van der Waals surface area contributed by atoms with Gasteiger partial charge in [0.15, 0.2) is 5.11 Å². The Kier molecular flexibility index (Phi) is 9.78. The maximum atomic E-state index is 15.0. The van der Waals surface area contributed by atoms with Crippen molar-refractivity contribution in [1.82, 2.24) is 25.2 Å². The van der Waals surface area contributed by atoms with Gasteiger partial charge in [-0.05, 0) is 43.8 Å². The molecule has 15 heteroatoms. The Labute approximate surface area is 227 Å². The van der Waals surface area contributed by atoms with Gasteiger partial charge in [-0.15, -0.1) is 0 Å². The number of nitro groups is 1. The predicted octanol–water partition coefficient (Wildman–Crippen LogP) is 3.88. The van der Waals surface area contributed by atoms with Crippen LogP contribution in [0.4, 0.5) is 25.0 Å². The number of nitrogens with zero attached hydrogens (tertiary/aromatic N) is 5. The number of halogens is 2. The number of amides is 1. The molecule has 3 rings (SSSR count). The quantitative estimate of drug-likeness (QED) is 0.144. The second-order valence-electron chi connectivity index (χ2n) is 8.52. The molecule has 1 amide bonds. The van der Waals surface area contributed by atoms with E-state index in [-0.39, 0.29) is 29.5 Å². The number of carbonyl (C=O) groups is 1. The molecule has 2 aromatic carbocycles. The van der Waals surface area contributed by atoms with Crippen molar-refractivity contribution in [2.75, 3.05) is 11.9 Å². The summed E-state index contributed by atoms with van der Waals surface area (Å²) in [6.07, 6.45) is 2.99. The van der Waals surface area contributed by atoms with E-state index in [0.29, 0.717) is 18.2 Å². The zero-order valence-corrected chi connectivity index (χ0v) is 21.9. The Hall–Kier alpha value is -4.24. The van der Waals surface area contributed by atoms with E-state index in [9.17, 15) is 24.4 Å². The highest BCUT2D eigenvalue weighted by atomic mass is 32.1.